The van der Waals surface area contributed by atoms with Gasteiger partial charge in [0, 0.05) is 46.4 Å². The molecule has 0 spiro atoms. The molecule has 0 fully saturated rings. The number of phenolic OH excluding ortho intramolecular Hbond substituents is 2. The van der Waals surface area contributed by atoms with Crippen LogP contribution in [0.5, 0.6) is 11.5 Å². The number of hydrogen-bond donors (Lipinski definition) is 3. The van der Waals surface area contributed by atoms with Crippen LogP contribution in [-0.2, 0) is 10.1 Å². The van der Waals surface area contributed by atoms with Crippen LogP contribution in [0.1, 0.15) is 0 Å². The molecule has 2 rings (SSSR count). The fourth-order valence-electron chi connectivity index (χ4n) is 1.51. The van der Waals surface area contributed by atoms with Crippen molar-refractivity contribution in [3.63, 3.8) is 0 Å². The number of benzene rings is 2. The third-order valence-electron chi connectivity index (χ3n) is 2.24. The van der Waals surface area contributed by atoms with E-state index < -0.39 is 20.8 Å². The molecule has 0 atom stereocenters. The van der Waals surface area contributed by atoms with Gasteiger partial charge in [-0.1, -0.05) is 24.3 Å². The molecule has 85 valence electrons. The van der Waals surface area contributed by atoms with Gasteiger partial charge in [0.2, 0.25) is 0 Å². The second-order valence-corrected chi connectivity index (χ2v) is 4.65. The SMILES string of the molecule is O=S(=O)(O)c1cc(O)c2ccccc2c1O.[Na]. The molecule has 2 aromatic carbocycles. The van der Waals surface area contributed by atoms with Gasteiger partial charge in [-0.2, -0.15) is 8.42 Å². The molecule has 0 aliphatic rings. The quantitative estimate of drug-likeness (QED) is 0.407. The summed E-state index contributed by atoms with van der Waals surface area (Å²) >= 11 is 0. The molecule has 0 aliphatic carbocycles. The average molecular weight is 263 g/mol. The van der Waals surface area contributed by atoms with E-state index in [1.165, 1.54) is 12.1 Å². The molecular weight excluding hydrogens is 255 g/mol. The summed E-state index contributed by atoms with van der Waals surface area (Å²) in [6.45, 7) is 0. The van der Waals surface area contributed by atoms with Crippen LogP contribution >= 0.6 is 0 Å². The van der Waals surface area contributed by atoms with Gasteiger partial charge in [-0.25, -0.2) is 0 Å². The number of phenols is 2. The van der Waals surface area contributed by atoms with E-state index in [1.807, 2.05) is 0 Å². The van der Waals surface area contributed by atoms with E-state index in [2.05, 4.69) is 0 Å². The van der Waals surface area contributed by atoms with Gasteiger partial charge in [-0.15, -0.1) is 0 Å². The number of fused-ring (bicyclic) bond motifs is 1. The number of rotatable bonds is 1. The third kappa shape index (κ3) is 2.56. The molecule has 0 bridgehead atoms. The Hall–Kier alpha value is -0.790. The van der Waals surface area contributed by atoms with E-state index >= 15 is 0 Å². The molecule has 0 unspecified atom stereocenters. The maximum Gasteiger partial charge on any atom is 0.298 e. The molecule has 0 amide bonds. The van der Waals surface area contributed by atoms with Gasteiger partial charge in [-0.05, 0) is 0 Å². The molecule has 2 aromatic rings. The molecule has 0 heterocycles. The third-order valence-corrected chi connectivity index (χ3v) is 3.10. The Morgan fingerprint density at radius 2 is 1.53 bits per heavy atom. The minimum atomic E-state index is -4.56. The van der Waals surface area contributed by atoms with Crippen LogP contribution in [0.4, 0.5) is 0 Å². The van der Waals surface area contributed by atoms with Gasteiger partial charge in [0.1, 0.15) is 16.4 Å². The van der Waals surface area contributed by atoms with Gasteiger partial charge >= 0.3 is 0 Å². The van der Waals surface area contributed by atoms with Crippen molar-refractivity contribution in [1.29, 1.82) is 0 Å². The Balaban J connectivity index is 0.00000144. The van der Waals surface area contributed by atoms with Crippen molar-refractivity contribution in [1.82, 2.24) is 0 Å². The molecule has 0 saturated heterocycles. The van der Waals surface area contributed by atoms with Crippen molar-refractivity contribution < 1.29 is 23.2 Å². The molecule has 3 N–H and O–H groups in total. The summed E-state index contributed by atoms with van der Waals surface area (Å²) in [6.07, 6.45) is 0. The molecule has 7 heteroatoms. The Bertz CT molecular complexity index is 666. The predicted octanol–water partition coefficient (Wildman–Crippen LogP) is 1.12. The molecule has 5 nitrogen and oxygen atoms in total. The zero-order valence-electron chi connectivity index (χ0n) is 8.95. The second kappa shape index (κ2) is 4.83. The molecule has 0 saturated carbocycles. The molecule has 0 aliphatic heterocycles. The Morgan fingerprint density at radius 1 is 1.00 bits per heavy atom. The Labute approximate surface area is 120 Å². The Morgan fingerprint density at radius 3 is 2.06 bits per heavy atom. The zero-order chi connectivity index (χ0) is 11.9. The van der Waals surface area contributed by atoms with Crippen molar-refractivity contribution in [2.75, 3.05) is 0 Å². The average Bonchev–Trinajstić information content (AvgIpc) is 2.22. The summed E-state index contributed by atoms with van der Waals surface area (Å²) < 4.78 is 30.7. The molecule has 17 heavy (non-hydrogen) atoms. The van der Waals surface area contributed by atoms with Crippen LogP contribution in [0.25, 0.3) is 10.8 Å². The van der Waals surface area contributed by atoms with Gasteiger partial charge in [0.25, 0.3) is 10.1 Å². The summed E-state index contributed by atoms with van der Waals surface area (Å²) in [7, 11) is -4.56. The van der Waals surface area contributed by atoms with Gasteiger partial charge in [0.05, 0.1) is 0 Å². The van der Waals surface area contributed by atoms with Crippen LogP contribution in [0.2, 0.25) is 0 Å². The van der Waals surface area contributed by atoms with Crippen molar-refractivity contribution in [3.8, 4) is 11.5 Å². The summed E-state index contributed by atoms with van der Waals surface area (Å²) in [5.74, 6) is -0.892. The van der Waals surface area contributed by atoms with Gasteiger partial charge in [0.15, 0.2) is 0 Å². The summed E-state index contributed by atoms with van der Waals surface area (Å²) in [5.41, 5.74) is 0. The van der Waals surface area contributed by atoms with E-state index in [1.54, 1.807) is 12.1 Å². The normalized spacial score (nSPS) is 11.1. The predicted molar refractivity (Wildman–Crippen MR) is 62.8 cm³/mol. The molecular formula is C10H8NaO5S. The topological polar surface area (TPSA) is 94.8 Å². The van der Waals surface area contributed by atoms with Crippen molar-refractivity contribution >= 4 is 50.4 Å². The maximum atomic E-state index is 10.9. The van der Waals surface area contributed by atoms with E-state index in [0.717, 1.165) is 6.07 Å². The maximum absolute atomic E-state index is 10.9. The summed E-state index contributed by atoms with van der Waals surface area (Å²) in [6, 6.07) is 6.99. The van der Waals surface area contributed by atoms with Crippen LogP contribution in [-0.4, -0.2) is 52.7 Å². The number of hydrogen-bond acceptors (Lipinski definition) is 4. The fraction of sp³-hybridized carbons (Fsp3) is 0. The minimum Gasteiger partial charge on any atom is -0.507 e. The van der Waals surface area contributed by atoms with Crippen LogP contribution in [0.15, 0.2) is 35.2 Å². The minimum absolute atomic E-state index is 0. The van der Waals surface area contributed by atoms with Crippen molar-refractivity contribution in [2.45, 2.75) is 4.90 Å². The van der Waals surface area contributed by atoms with Crippen LogP contribution in [0.3, 0.4) is 0 Å². The first-order valence-electron chi connectivity index (χ1n) is 4.32. The smallest absolute Gasteiger partial charge is 0.298 e. The zero-order valence-corrected chi connectivity index (χ0v) is 11.8. The van der Waals surface area contributed by atoms with Crippen LogP contribution < -0.4 is 0 Å². The second-order valence-electron chi connectivity index (χ2n) is 3.26. The molecule has 0 aromatic heterocycles. The largest absolute Gasteiger partial charge is 0.507 e. The number of aromatic hydroxyl groups is 2. The van der Waals surface area contributed by atoms with Gasteiger partial charge in [-0.3, -0.25) is 4.55 Å². The van der Waals surface area contributed by atoms with Gasteiger partial charge < -0.3 is 10.2 Å². The van der Waals surface area contributed by atoms with E-state index in [9.17, 15) is 18.6 Å². The molecule has 1 radical (unpaired) electrons. The standard InChI is InChI=1S/C10H8O5S.Na/c11-8-5-9(16(13,14)15)10(12)7-4-2-1-3-6(7)8;/h1-5,11-12H,(H,13,14,15);. The van der Waals surface area contributed by atoms with E-state index in [4.69, 9.17) is 4.55 Å². The van der Waals surface area contributed by atoms with Crippen molar-refractivity contribution in [2.24, 2.45) is 0 Å². The first-order valence-corrected chi connectivity index (χ1v) is 5.76. The van der Waals surface area contributed by atoms with Crippen LogP contribution in [0, 0.1) is 0 Å². The Kier molecular flexibility index (Phi) is 4.06. The first-order chi connectivity index (χ1) is 7.41. The summed E-state index contributed by atoms with van der Waals surface area (Å²) in [5, 5.41) is 19.7. The fourth-order valence-corrected chi connectivity index (χ4v) is 2.13. The summed E-state index contributed by atoms with van der Waals surface area (Å²) in [4.78, 5) is -0.705. The van der Waals surface area contributed by atoms with E-state index in [-0.39, 0.29) is 40.7 Å². The van der Waals surface area contributed by atoms with Crippen molar-refractivity contribution in [3.05, 3.63) is 30.3 Å². The monoisotopic (exact) mass is 263 g/mol. The first kappa shape index (κ1) is 14.3. The van der Waals surface area contributed by atoms with E-state index in [0.29, 0.717) is 5.39 Å².